The van der Waals surface area contributed by atoms with E-state index in [1.54, 1.807) is 0 Å². The van der Waals surface area contributed by atoms with Gasteiger partial charge in [-0.2, -0.15) is 0 Å². The van der Waals surface area contributed by atoms with E-state index in [9.17, 15) is 13.6 Å². The molecule has 12 heavy (non-hydrogen) atoms. The van der Waals surface area contributed by atoms with Crippen LogP contribution in [0.3, 0.4) is 0 Å². The van der Waals surface area contributed by atoms with Crippen LogP contribution in [0.5, 0.6) is 0 Å². The minimum absolute atomic E-state index is 0.0820. The highest BCUT2D eigenvalue weighted by molar-refractivity contribution is 5.82. The fourth-order valence-corrected chi connectivity index (χ4v) is 1.61. The predicted molar refractivity (Wildman–Crippen MR) is 41.0 cm³/mol. The summed E-state index contributed by atoms with van der Waals surface area (Å²) in [6, 6.07) is 0. The number of Topliss-reactive ketones (excluding diaryl/α,β-unsaturated/α-hetero) is 1. The van der Waals surface area contributed by atoms with Gasteiger partial charge in [0.25, 0.3) is 0 Å². The van der Waals surface area contributed by atoms with Crippen LogP contribution in [0.25, 0.3) is 0 Å². The van der Waals surface area contributed by atoms with Crippen molar-refractivity contribution < 1.29 is 13.6 Å². The van der Waals surface area contributed by atoms with E-state index in [0.717, 1.165) is 0 Å². The van der Waals surface area contributed by atoms with Crippen molar-refractivity contribution in [3.63, 3.8) is 0 Å². The fraction of sp³-hybridized carbons (Fsp3) is 0.875. The summed E-state index contributed by atoms with van der Waals surface area (Å²) in [5, 5.41) is 0. The first-order chi connectivity index (χ1) is 5.55. The molecule has 0 amide bonds. The van der Waals surface area contributed by atoms with Gasteiger partial charge in [-0.05, 0) is 12.8 Å². The molecule has 70 valence electrons. The molecule has 1 fully saturated rings. The number of hydrogen-bond acceptors (Lipinski definition) is 2. The summed E-state index contributed by atoms with van der Waals surface area (Å²) in [4.78, 5) is 11.0. The smallest absolute Gasteiger partial charge is 0.248 e. The normalized spacial score (nSPS) is 28.4. The summed E-state index contributed by atoms with van der Waals surface area (Å²) in [5.74, 6) is -3.37. The number of nitrogens with two attached hydrogens (primary N) is 1. The third kappa shape index (κ3) is 2.24. The van der Waals surface area contributed by atoms with Gasteiger partial charge >= 0.3 is 0 Å². The highest BCUT2D eigenvalue weighted by atomic mass is 19.3. The Bertz CT molecular complexity index is 182. The van der Waals surface area contributed by atoms with Crippen LogP contribution in [-0.4, -0.2) is 18.3 Å². The van der Waals surface area contributed by atoms with Gasteiger partial charge in [0.05, 0.1) is 6.54 Å². The molecule has 0 spiro atoms. The summed E-state index contributed by atoms with van der Waals surface area (Å²) < 4.78 is 25.5. The van der Waals surface area contributed by atoms with E-state index in [2.05, 4.69) is 0 Å². The number of hydrogen-bond donors (Lipinski definition) is 1. The summed E-state index contributed by atoms with van der Waals surface area (Å²) in [5.41, 5.74) is 5.10. The number of rotatable bonds is 2. The average molecular weight is 177 g/mol. The van der Waals surface area contributed by atoms with E-state index in [1.165, 1.54) is 0 Å². The lowest BCUT2D eigenvalue weighted by atomic mass is 9.84. The monoisotopic (exact) mass is 177 g/mol. The van der Waals surface area contributed by atoms with Gasteiger partial charge in [-0.1, -0.05) is 0 Å². The van der Waals surface area contributed by atoms with E-state index in [0.29, 0.717) is 12.8 Å². The molecular formula is C8H13F2NO. The summed E-state index contributed by atoms with van der Waals surface area (Å²) >= 11 is 0. The molecule has 1 unspecified atom stereocenters. The van der Waals surface area contributed by atoms with Crippen molar-refractivity contribution in [3.8, 4) is 0 Å². The van der Waals surface area contributed by atoms with Crippen molar-refractivity contribution in [2.24, 2.45) is 11.7 Å². The van der Waals surface area contributed by atoms with E-state index < -0.39 is 11.8 Å². The lowest BCUT2D eigenvalue weighted by Crippen LogP contribution is -2.33. The maximum Gasteiger partial charge on any atom is 0.248 e. The lowest BCUT2D eigenvalue weighted by Gasteiger charge is -2.27. The Hall–Kier alpha value is -0.510. The molecule has 2 N–H and O–H groups in total. The molecule has 0 aromatic carbocycles. The molecule has 0 bridgehead atoms. The number of ketones is 1. The molecule has 1 atom stereocenters. The van der Waals surface area contributed by atoms with Gasteiger partial charge in [0.15, 0.2) is 0 Å². The van der Waals surface area contributed by atoms with Gasteiger partial charge in [0.2, 0.25) is 5.92 Å². The topological polar surface area (TPSA) is 43.1 Å². The first-order valence-electron chi connectivity index (χ1n) is 4.16. The minimum atomic E-state index is -2.65. The molecule has 0 aliphatic heterocycles. The Morgan fingerprint density at radius 3 is 2.75 bits per heavy atom. The van der Waals surface area contributed by atoms with E-state index in [4.69, 9.17) is 5.73 Å². The Balaban J connectivity index is 2.52. The Labute approximate surface area is 70.1 Å². The summed E-state index contributed by atoms with van der Waals surface area (Å²) in [6.07, 6.45) is 0.624. The van der Waals surface area contributed by atoms with Gasteiger partial charge < -0.3 is 5.73 Å². The van der Waals surface area contributed by atoms with Gasteiger partial charge in [-0.25, -0.2) is 8.78 Å². The second kappa shape index (κ2) is 3.47. The standard InChI is InChI=1S/C8H13F2NO/c9-8(10)3-1-2-6(4-8)7(12)5-11/h6H,1-5,11H2. The maximum absolute atomic E-state index is 12.8. The van der Waals surface area contributed by atoms with Crippen LogP contribution in [0, 0.1) is 5.92 Å². The molecule has 2 nitrogen and oxygen atoms in total. The van der Waals surface area contributed by atoms with Crippen LogP contribution < -0.4 is 5.73 Å². The molecule has 1 saturated carbocycles. The minimum Gasteiger partial charge on any atom is -0.324 e. The SMILES string of the molecule is NCC(=O)C1CCCC(F)(F)C1. The number of carbonyl (C=O) groups excluding carboxylic acids is 1. The van der Waals surface area contributed by atoms with Crippen molar-refractivity contribution in [3.05, 3.63) is 0 Å². The van der Waals surface area contributed by atoms with Crippen molar-refractivity contribution in [2.75, 3.05) is 6.54 Å². The Kier molecular flexibility index (Phi) is 2.77. The van der Waals surface area contributed by atoms with E-state index in [-0.39, 0.29) is 25.2 Å². The van der Waals surface area contributed by atoms with Crippen LogP contribution in [0.4, 0.5) is 8.78 Å². The summed E-state index contributed by atoms with van der Waals surface area (Å²) in [6.45, 7) is -0.110. The fourth-order valence-electron chi connectivity index (χ4n) is 1.61. The largest absolute Gasteiger partial charge is 0.324 e. The first-order valence-corrected chi connectivity index (χ1v) is 4.16. The van der Waals surface area contributed by atoms with Crippen molar-refractivity contribution in [1.29, 1.82) is 0 Å². The molecule has 0 aromatic heterocycles. The van der Waals surface area contributed by atoms with Crippen LogP contribution in [0.1, 0.15) is 25.7 Å². The van der Waals surface area contributed by atoms with Crippen LogP contribution in [-0.2, 0) is 4.79 Å². The Morgan fingerprint density at radius 2 is 2.25 bits per heavy atom. The van der Waals surface area contributed by atoms with Crippen LogP contribution in [0.2, 0.25) is 0 Å². The second-order valence-corrected chi connectivity index (χ2v) is 3.32. The number of halogens is 2. The lowest BCUT2D eigenvalue weighted by molar-refractivity contribution is -0.128. The van der Waals surface area contributed by atoms with Gasteiger partial charge in [0, 0.05) is 18.8 Å². The van der Waals surface area contributed by atoms with Crippen LogP contribution >= 0.6 is 0 Å². The highest BCUT2D eigenvalue weighted by Crippen LogP contribution is 2.36. The van der Waals surface area contributed by atoms with Gasteiger partial charge in [-0.15, -0.1) is 0 Å². The molecule has 0 saturated heterocycles. The zero-order chi connectivity index (χ0) is 9.19. The van der Waals surface area contributed by atoms with E-state index >= 15 is 0 Å². The zero-order valence-electron chi connectivity index (χ0n) is 6.85. The molecule has 4 heteroatoms. The molecule has 1 aliphatic carbocycles. The number of alkyl halides is 2. The van der Waals surface area contributed by atoms with Crippen molar-refractivity contribution >= 4 is 5.78 Å². The molecule has 0 heterocycles. The van der Waals surface area contributed by atoms with Crippen LogP contribution in [0.15, 0.2) is 0 Å². The second-order valence-electron chi connectivity index (χ2n) is 3.32. The van der Waals surface area contributed by atoms with Crippen molar-refractivity contribution in [1.82, 2.24) is 0 Å². The van der Waals surface area contributed by atoms with Gasteiger partial charge in [-0.3, -0.25) is 4.79 Å². The zero-order valence-corrected chi connectivity index (χ0v) is 6.85. The molecule has 0 aromatic rings. The summed E-state index contributed by atoms with van der Waals surface area (Å²) in [7, 11) is 0. The predicted octanol–water partition coefficient (Wildman–Crippen LogP) is 1.34. The molecule has 0 radical (unpaired) electrons. The first kappa shape index (κ1) is 9.58. The average Bonchev–Trinajstić information content (AvgIpc) is 2.01. The highest BCUT2D eigenvalue weighted by Gasteiger charge is 2.38. The number of carbonyl (C=O) groups is 1. The third-order valence-electron chi connectivity index (χ3n) is 2.30. The Morgan fingerprint density at radius 1 is 1.58 bits per heavy atom. The third-order valence-corrected chi connectivity index (χ3v) is 2.30. The molecule has 1 rings (SSSR count). The molecular weight excluding hydrogens is 164 g/mol. The molecule has 1 aliphatic rings. The maximum atomic E-state index is 12.8. The quantitative estimate of drug-likeness (QED) is 0.691. The van der Waals surface area contributed by atoms with Crippen molar-refractivity contribution in [2.45, 2.75) is 31.6 Å². The van der Waals surface area contributed by atoms with E-state index in [1.807, 2.05) is 0 Å². The van der Waals surface area contributed by atoms with Gasteiger partial charge in [0.1, 0.15) is 5.78 Å².